The van der Waals surface area contributed by atoms with Crippen LogP contribution in [-0.2, 0) is 20.7 Å². The lowest BCUT2D eigenvalue weighted by Gasteiger charge is -2.19. The number of urea groups is 1. The highest BCUT2D eigenvalue weighted by molar-refractivity contribution is 7.13. The molecule has 10 heteroatoms. The fourth-order valence-electron chi connectivity index (χ4n) is 2.77. The van der Waals surface area contributed by atoms with Gasteiger partial charge in [-0.1, -0.05) is 38.1 Å². The molecule has 4 amide bonds. The maximum Gasteiger partial charge on any atom is 0.358 e. The average molecular weight is 430 g/mol. The minimum absolute atomic E-state index is 0.0796. The molecule has 2 aromatic rings. The van der Waals surface area contributed by atoms with Crippen LogP contribution in [0.1, 0.15) is 43.2 Å². The third kappa shape index (κ3) is 4.33. The summed E-state index contributed by atoms with van der Waals surface area (Å²) >= 11 is 1.29. The molecule has 3 rings (SSSR count). The Hall–Kier alpha value is -3.27. The molecule has 2 N–H and O–H groups in total. The number of imide groups is 1. The van der Waals surface area contributed by atoms with Gasteiger partial charge in [0.1, 0.15) is 10.5 Å². The molecule has 1 unspecified atom stereocenters. The number of hydrazine groups is 1. The number of nitrogens with one attached hydrogen (secondary N) is 2. The van der Waals surface area contributed by atoms with E-state index in [1.807, 2.05) is 24.3 Å². The van der Waals surface area contributed by atoms with Crippen LogP contribution in [-0.4, -0.2) is 46.0 Å². The van der Waals surface area contributed by atoms with Gasteiger partial charge >= 0.3 is 12.0 Å². The molecule has 0 aliphatic carbocycles. The number of aromatic nitrogens is 1. The van der Waals surface area contributed by atoms with E-state index in [1.54, 1.807) is 19.2 Å². The molecule has 30 heavy (non-hydrogen) atoms. The molecule has 0 bridgehead atoms. The first kappa shape index (κ1) is 21.4. The average Bonchev–Trinajstić information content (AvgIpc) is 3.32. The first-order valence-electron chi connectivity index (χ1n) is 9.45. The van der Waals surface area contributed by atoms with E-state index in [9.17, 15) is 19.2 Å². The second-order valence-corrected chi connectivity index (χ2v) is 7.81. The van der Waals surface area contributed by atoms with Gasteiger partial charge in [-0.3, -0.25) is 15.0 Å². The Bertz CT molecular complexity index is 987. The van der Waals surface area contributed by atoms with Gasteiger partial charge in [-0.25, -0.2) is 14.6 Å². The molecular weight excluding hydrogens is 408 g/mol. The molecular formula is C20H22N4O5S. The molecule has 1 fully saturated rings. The molecule has 1 aliphatic heterocycles. The number of esters is 1. The van der Waals surface area contributed by atoms with Crippen molar-refractivity contribution >= 4 is 35.2 Å². The molecule has 1 aromatic heterocycles. The number of carbonyl (C=O) groups excluding carboxylic acids is 4. The maximum absolute atomic E-state index is 12.3. The summed E-state index contributed by atoms with van der Waals surface area (Å²) in [6, 6.07) is 7.13. The van der Waals surface area contributed by atoms with Gasteiger partial charge in [0.05, 0.1) is 0 Å². The largest absolute Gasteiger partial charge is 0.451 e. The van der Waals surface area contributed by atoms with Crippen LogP contribution in [0.5, 0.6) is 0 Å². The number of carbonyl (C=O) groups is 4. The minimum Gasteiger partial charge on any atom is -0.451 e. The van der Waals surface area contributed by atoms with E-state index in [0.717, 1.165) is 12.0 Å². The van der Waals surface area contributed by atoms with E-state index < -0.39 is 36.0 Å². The number of rotatable bonds is 7. The van der Waals surface area contributed by atoms with Gasteiger partial charge in [-0.05, 0) is 25.3 Å². The summed E-state index contributed by atoms with van der Waals surface area (Å²) in [6.45, 7) is 4.72. The Morgan fingerprint density at radius 2 is 1.93 bits per heavy atom. The van der Waals surface area contributed by atoms with E-state index in [0.29, 0.717) is 16.4 Å². The van der Waals surface area contributed by atoms with E-state index >= 15 is 0 Å². The lowest BCUT2D eigenvalue weighted by molar-refractivity contribution is -0.139. The quantitative estimate of drug-likeness (QED) is 0.514. The summed E-state index contributed by atoms with van der Waals surface area (Å²) in [6.07, 6.45) is 1.30. The van der Waals surface area contributed by atoms with Crippen molar-refractivity contribution in [1.29, 1.82) is 0 Å². The third-order valence-corrected chi connectivity index (χ3v) is 5.75. The van der Waals surface area contributed by atoms with Crippen LogP contribution < -0.4 is 10.7 Å². The Morgan fingerprint density at radius 1 is 1.23 bits per heavy atom. The van der Waals surface area contributed by atoms with Gasteiger partial charge in [-0.2, -0.15) is 5.01 Å². The van der Waals surface area contributed by atoms with Gasteiger partial charge in [-0.15, -0.1) is 11.3 Å². The molecule has 9 nitrogen and oxygen atoms in total. The van der Waals surface area contributed by atoms with E-state index in [1.165, 1.54) is 16.9 Å². The predicted molar refractivity (Wildman–Crippen MR) is 109 cm³/mol. The van der Waals surface area contributed by atoms with Crippen LogP contribution in [0.2, 0.25) is 0 Å². The number of nitrogens with zero attached hydrogens (tertiary/aromatic N) is 2. The molecule has 0 radical (unpaired) electrons. The van der Waals surface area contributed by atoms with Crippen LogP contribution in [0, 0.1) is 0 Å². The second-order valence-electron chi connectivity index (χ2n) is 6.96. The van der Waals surface area contributed by atoms with Crippen molar-refractivity contribution in [2.24, 2.45) is 0 Å². The zero-order valence-corrected chi connectivity index (χ0v) is 17.7. The van der Waals surface area contributed by atoms with Gasteiger partial charge < -0.3 is 10.1 Å². The van der Waals surface area contributed by atoms with Crippen LogP contribution in [0.15, 0.2) is 29.6 Å². The summed E-state index contributed by atoms with van der Waals surface area (Å²) in [4.78, 5) is 52.6. The highest BCUT2D eigenvalue weighted by Gasteiger charge is 2.47. The smallest absolute Gasteiger partial charge is 0.358 e. The van der Waals surface area contributed by atoms with Gasteiger partial charge in [0.15, 0.2) is 12.3 Å². The number of hydrogen-bond acceptors (Lipinski definition) is 7. The molecule has 1 aliphatic rings. The number of ether oxygens (including phenoxy) is 1. The first-order valence-corrected chi connectivity index (χ1v) is 10.3. The maximum atomic E-state index is 12.3. The molecule has 158 valence electrons. The summed E-state index contributed by atoms with van der Waals surface area (Å²) in [5, 5.41) is 5.31. The highest BCUT2D eigenvalue weighted by atomic mass is 32.1. The first-order chi connectivity index (χ1) is 14.3. The predicted octanol–water partition coefficient (Wildman–Crippen LogP) is 2.28. The summed E-state index contributed by atoms with van der Waals surface area (Å²) < 4.78 is 4.96. The van der Waals surface area contributed by atoms with Gasteiger partial charge in [0.25, 0.3) is 11.8 Å². The summed E-state index contributed by atoms with van der Waals surface area (Å²) in [5.74, 6) is -2.15. The van der Waals surface area contributed by atoms with Crippen molar-refractivity contribution in [2.75, 3.05) is 6.61 Å². The monoisotopic (exact) mass is 430 g/mol. The zero-order chi connectivity index (χ0) is 21.9. The van der Waals surface area contributed by atoms with Crippen molar-refractivity contribution in [3.05, 3.63) is 40.9 Å². The van der Waals surface area contributed by atoms with E-state index in [2.05, 4.69) is 22.7 Å². The van der Waals surface area contributed by atoms with Crippen molar-refractivity contribution in [2.45, 2.75) is 39.2 Å². The van der Waals surface area contributed by atoms with Gasteiger partial charge in [0.2, 0.25) is 0 Å². The van der Waals surface area contributed by atoms with Crippen molar-refractivity contribution in [1.82, 2.24) is 20.7 Å². The van der Waals surface area contributed by atoms with Gasteiger partial charge in [0, 0.05) is 10.9 Å². The topological polar surface area (TPSA) is 118 Å². The molecule has 2 heterocycles. The van der Waals surface area contributed by atoms with E-state index in [-0.39, 0.29) is 5.69 Å². The number of hydrogen-bond donors (Lipinski definition) is 2. The standard InChI is InChI=1S/C20H22N4O5S/c1-4-12-6-8-13(9-7-12)16-21-14(11-30-16)17(26)29-10-15(25)23-24-18(27)20(3,5-2)22-19(24)28/h6-9,11H,4-5,10H2,1-3H3,(H,22,28)(H,23,25). The van der Waals surface area contributed by atoms with Crippen LogP contribution in [0.4, 0.5) is 4.79 Å². The highest BCUT2D eigenvalue weighted by Crippen LogP contribution is 2.24. The second kappa shape index (κ2) is 8.62. The fourth-order valence-corrected chi connectivity index (χ4v) is 3.57. The molecule has 1 saturated heterocycles. The number of benzene rings is 1. The summed E-state index contributed by atoms with van der Waals surface area (Å²) in [7, 11) is 0. The van der Waals surface area contributed by atoms with Crippen LogP contribution in [0.25, 0.3) is 10.6 Å². The molecule has 0 saturated carbocycles. The lowest BCUT2D eigenvalue weighted by atomic mass is 10.00. The minimum atomic E-state index is -1.08. The third-order valence-electron chi connectivity index (χ3n) is 4.86. The Kier molecular flexibility index (Phi) is 6.16. The van der Waals surface area contributed by atoms with Crippen LogP contribution >= 0.6 is 11.3 Å². The van der Waals surface area contributed by atoms with Crippen molar-refractivity contribution < 1.29 is 23.9 Å². The van der Waals surface area contributed by atoms with E-state index in [4.69, 9.17) is 4.74 Å². The lowest BCUT2D eigenvalue weighted by Crippen LogP contribution is -2.49. The molecule has 1 atom stereocenters. The SMILES string of the molecule is CCc1ccc(-c2nc(C(=O)OCC(=O)NN3C(=O)NC(C)(CC)C3=O)cs2)cc1. The number of aryl methyl sites for hydroxylation is 1. The van der Waals surface area contributed by atoms with Crippen molar-refractivity contribution in [3.63, 3.8) is 0 Å². The number of amides is 4. The zero-order valence-electron chi connectivity index (χ0n) is 16.9. The van der Waals surface area contributed by atoms with Crippen LogP contribution in [0.3, 0.4) is 0 Å². The molecule has 1 aromatic carbocycles. The Labute approximate surface area is 177 Å². The normalized spacial score (nSPS) is 18.3. The fraction of sp³-hybridized carbons (Fsp3) is 0.350. The number of thiazole rings is 1. The Morgan fingerprint density at radius 3 is 2.53 bits per heavy atom. The summed E-state index contributed by atoms with van der Waals surface area (Å²) in [5.41, 5.74) is 3.24. The Balaban J connectivity index is 1.55. The van der Waals surface area contributed by atoms with Crippen molar-refractivity contribution in [3.8, 4) is 10.6 Å². The molecule has 0 spiro atoms.